The Labute approximate surface area is 208 Å². The number of anilines is 2. The van der Waals surface area contributed by atoms with Crippen molar-refractivity contribution in [3.05, 3.63) is 60.0 Å². The van der Waals surface area contributed by atoms with Crippen molar-refractivity contribution in [3.63, 3.8) is 0 Å². The molecule has 0 saturated carbocycles. The minimum atomic E-state index is -0.561. The predicted molar refractivity (Wildman–Crippen MR) is 132 cm³/mol. The molecule has 3 heterocycles. The Bertz CT molecular complexity index is 1300. The van der Waals surface area contributed by atoms with Gasteiger partial charge < -0.3 is 19.7 Å². The lowest BCUT2D eigenvalue weighted by Crippen LogP contribution is -2.36. The summed E-state index contributed by atoms with van der Waals surface area (Å²) in [7, 11) is 0. The molecule has 2 aromatic heterocycles. The summed E-state index contributed by atoms with van der Waals surface area (Å²) in [5.41, 5.74) is 2.11. The molecule has 1 aliphatic heterocycles. The number of pyridine rings is 1. The van der Waals surface area contributed by atoms with E-state index in [1.54, 1.807) is 41.4 Å². The first-order valence-corrected chi connectivity index (χ1v) is 11.4. The van der Waals surface area contributed by atoms with Gasteiger partial charge in [0.15, 0.2) is 6.29 Å². The van der Waals surface area contributed by atoms with Gasteiger partial charge in [-0.1, -0.05) is 0 Å². The molecule has 1 atom stereocenters. The largest absolute Gasteiger partial charge is 0.487 e. The molecule has 0 aliphatic carbocycles. The third-order valence-corrected chi connectivity index (χ3v) is 5.30. The van der Waals surface area contributed by atoms with Crippen LogP contribution in [-0.2, 0) is 4.74 Å². The molecule has 1 amide bonds. The summed E-state index contributed by atoms with van der Waals surface area (Å²) in [4.78, 5) is 37.5. The summed E-state index contributed by atoms with van der Waals surface area (Å²) in [5, 5.41) is 12.8. The van der Waals surface area contributed by atoms with Gasteiger partial charge in [0.25, 0.3) is 0 Å². The first-order chi connectivity index (χ1) is 17.2. The summed E-state index contributed by atoms with van der Waals surface area (Å²) in [5.74, 6) is 0.797. The average Bonchev–Trinajstić information content (AvgIpc) is 3.33. The summed E-state index contributed by atoms with van der Waals surface area (Å²) >= 11 is 0. The molecule has 0 bridgehead atoms. The zero-order valence-corrected chi connectivity index (χ0v) is 20.3. The number of likely N-dealkylation sites (tertiary alicyclic amines) is 1. The molecule has 184 valence electrons. The monoisotopic (exact) mass is 486 g/mol. The Morgan fingerprint density at radius 3 is 2.75 bits per heavy atom. The number of rotatable bonds is 6. The maximum absolute atomic E-state index is 12.3. The topological polar surface area (TPSA) is 130 Å². The van der Waals surface area contributed by atoms with E-state index in [0.29, 0.717) is 60.1 Å². The quantitative estimate of drug-likeness (QED) is 0.505. The highest BCUT2D eigenvalue weighted by Gasteiger charge is 2.31. The third-order valence-electron chi connectivity index (χ3n) is 5.30. The number of nitriles is 1. The van der Waals surface area contributed by atoms with Gasteiger partial charge in [-0.3, -0.25) is 9.78 Å². The van der Waals surface area contributed by atoms with Crippen LogP contribution in [0.2, 0.25) is 0 Å². The number of aromatic nitrogens is 3. The van der Waals surface area contributed by atoms with E-state index < -0.39 is 5.60 Å². The number of benzene rings is 1. The second-order valence-corrected chi connectivity index (χ2v) is 9.26. The smallest absolute Gasteiger partial charge is 0.410 e. The van der Waals surface area contributed by atoms with E-state index in [2.05, 4.69) is 26.3 Å². The highest BCUT2D eigenvalue weighted by Crippen LogP contribution is 2.28. The zero-order valence-electron chi connectivity index (χ0n) is 20.3. The summed E-state index contributed by atoms with van der Waals surface area (Å²) in [6, 6.07) is 12.5. The maximum Gasteiger partial charge on any atom is 0.410 e. The molecule has 0 spiro atoms. The number of aldehydes is 1. The molecular weight excluding hydrogens is 460 g/mol. The van der Waals surface area contributed by atoms with E-state index in [0.717, 1.165) is 5.56 Å². The summed E-state index contributed by atoms with van der Waals surface area (Å²) in [6.07, 6.45) is 3.85. The molecule has 1 fully saturated rings. The minimum absolute atomic E-state index is 0.232. The van der Waals surface area contributed by atoms with E-state index in [9.17, 15) is 14.9 Å². The Morgan fingerprint density at radius 1 is 1.22 bits per heavy atom. The number of nitrogens with one attached hydrogen (secondary N) is 1. The van der Waals surface area contributed by atoms with Crippen molar-refractivity contribution in [1.82, 2.24) is 19.9 Å². The van der Waals surface area contributed by atoms with Gasteiger partial charge in [0, 0.05) is 24.7 Å². The normalized spacial score (nSPS) is 15.2. The zero-order chi connectivity index (χ0) is 25.7. The number of nitrogens with zero attached hydrogens (tertiary/aromatic N) is 5. The molecule has 10 heteroatoms. The van der Waals surface area contributed by atoms with Gasteiger partial charge in [0.2, 0.25) is 5.95 Å². The van der Waals surface area contributed by atoms with Crippen LogP contribution in [0.1, 0.15) is 43.2 Å². The van der Waals surface area contributed by atoms with Crippen LogP contribution in [0.5, 0.6) is 5.75 Å². The average molecular weight is 487 g/mol. The van der Waals surface area contributed by atoms with Crippen molar-refractivity contribution >= 4 is 24.0 Å². The van der Waals surface area contributed by atoms with Crippen LogP contribution in [0.25, 0.3) is 11.3 Å². The Morgan fingerprint density at radius 2 is 2.06 bits per heavy atom. The first-order valence-electron chi connectivity index (χ1n) is 11.4. The van der Waals surface area contributed by atoms with Crippen LogP contribution in [0, 0.1) is 11.3 Å². The maximum atomic E-state index is 12.3. The van der Waals surface area contributed by atoms with Crippen molar-refractivity contribution in [2.45, 2.75) is 38.9 Å². The standard InChI is InChI=1S/C26H26N6O4/c1-26(2,3)36-25(34)32-11-9-21(15-32)35-23-7-4-17(12-18(23)13-27)22-8-10-28-24(31-22)30-19-5-6-20(16-33)29-14-19/h4-8,10,12,14,16,21H,9,11,15H2,1-3H3,(H,28,30,31). The molecule has 1 unspecified atom stereocenters. The van der Waals surface area contributed by atoms with E-state index in [1.165, 1.54) is 6.20 Å². The van der Waals surface area contributed by atoms with Crippen LogP contribution >= 0.6 is 0 Å². The van der Waals surface area contributed by atoms with E-state index >= 15 is 0 Å². The van der Waals surface area contributed by atoms with Gasteiger partial charge in [-0.2, -0.15) is 5.26 Å². The van der Waals surface area contributed by atoms with Gasteiger partial charge in [-0.05, 0) is 57.2 Å². The van der Waals surface area contributed by atoms with Crippen LogP contribution in [-0.4, -0.2) is 57.0 Å². The molecule has 1 aromatic carbocycles. The van der Waals surface area contributed by atoms with Crippen LogP contribution in [0.15, 0.2) is 48.8 Å². The fourth-order valence-corrected chi connectivity index (χ4v) is 3.63. The van der Waals surface area contributed by atoms with Gasteiger partial charge >= 0.3 is 6.09 Å². The fourth-order valence-electron chi connectivity index (χ4n) is 3.63. The van der Waals surface area contributed by atoms with Gasteiger partial charge in [-0.25, -0.2) is 14.8 Å². The lowest BCUT2D eigenvalue weighted by molar-refractivity contribution is 0.0275. The number of carbonyl (C=O) groups excluding carboxylic acids is 2. The van der Waals surface area contributed by atoms with Crippen molar-refractivity contribution in [2.75, 3.05) is 18.4 Å². The SMILES string of the molecule is CC(C)(C)OC(=O)N1CCC(Oc2ccc(-c3ccnc(Nc4ccc(C=O)nc4)n3)cc2C#N)C1. The minimum Gasteiger partial charge on any atom is -0.487 e. The van der Waals surface area contributed by atoms with E-state index in [1.807, 2.05) is 26.8 Å². The van der Waals surface area contributed by atoms with Gasteiger partial charge in [0.1, 0.15) is 29.2 Å². The Hall–Kier alpha value is -4.52. The van der Waals surface area contributed by atoms with Crippen LogP contribution < -0.4 is 10.1 Å². The van der Waals surface area contributed by atoms with Crippen molar-refractivity contribution in [3.8, 4) is 23.1 Å². The molecule has 36 heavy (non-hydrogen) atoms. The van der Waals surface area contributed by atoms with E-state index in [4.69, 9.17) is 9.47 Å². The second kappa shape index (κ2) is 10.4. The summed E-state index contributed by atoms with van der Waals surface area (Å²) < 4.78 is 11.5. The highest BCUT2D eigenvalue weighted by atomic mass is 16.6. The number of hydrogen-bond acceptors (Lipinski definition) is 9. The molecule has 1 saturated heterocycles. The van der Waals surface area contributed by atoms with Gasteiger partial charge in [0.05, 0.1) is 29.7 Å². The Kier molecular flexibility index (Phi) is 7.10. The van der Waals surface area contributed by atoms with Gasteiger partial charge in [-0.15, -0.1) is 0 Å². The molecule has 0 radical (unpaired) electrons. The fraction of sp³-hybridized carbons (Fsp3) is 0.308. The highest BCUT2D eigenvalue weighted by molar-refractivity contribution is 5.72. The number of hydrogen-bond donors (Lipinski definition) is 1. The number of amides is 1. The first kappa shape index (κ1) is 24.6. The van der Waals surface area contributed by atoms with Crippen molar-refractivity contribution in [1.29, 1.82) is 5.26 Å². The number of carbonyl (C=O) groups is 2. The molecular formula is C26H26N6O4. The lowest BCUT2D eigenvalue weighted by atomic mass is 10.1. The molecule has 4 rings (SSSR count). The summed E-state index contributed by atoms with van der Waals surface area (Å²) in [6.45, 7) is 6.41. The van der Waals surface area contributed by atoms with Crippen molar-refractivity contribution in [2.24, 2.45) is 0 Å². The van der Waals surface area contributed by atoms with Crippen LogP contribution in [0.4, 0.5) is 16.4 Å². The molecule has 3 aromatic rings. The lowest BCUT2D eigenvalue weighted by Gasteiger charge is -2.24. The Balaban J connectivity index is 1.45. The molecule has 10 nitrogen and oxygen atoms in total. The van der Waals surface area contributed by atoms with Crippen LogP contribution in [0.3, 0.4) is 0 Å². The number of ether oxygens (including phenoxy) is 2. The van der Waals surface area contributed by atoms with Crippen molar-refractivity contribution < 1.29 is 19.1 Å². The second-order valence-electron chi connectivity index (χ2n) is 9.26. The molecule has 1 N–H and O–H groups in total. The van der Waals surface area contributed by atoms with E-state index in [-0.39, 0.29) is 12.2 Å². The third kappa shape index (κ3) is 6.13. The predicted octanol–water partition coefficient (Wildman–Crippen LogP) is 4.35. The molecule has 1 aliphatic rings.